The Bertz CT molecular complexity index is 1770. The molecule has 0 aliphatic carbocycles. The molecule has 0 bridgehead atoms. The van der Waals surface area contributed by atoms with Gasteiger partial charge in [-0.2, -0.15) is 0 Å². The fourth-order valence-electron chi connectivity index (χ4n) is 5.18. The molecule has 4 aromatic carbocycles. The fourth-order valence-corrected chi connectivity index (χ4v) is 5.18. The van der Waals surface area contributed by atoms with Gasteiger partial charge >= 0.3 is 5.97 Å². The van der Waals surface area contributed by atoms with Gasteiger partial charge in [0.05, 0.1) is 22.6 Å². The molecule has 42 heavy (non-hydrogen) atoms. The highest BCUT2D eigenvalue weighted by Gasteiger charge is 2.22. The van der Waals surface area contributed by atoms with Gasteiger partial charge in [-0.1, -0.05) is 76.6 Å². The number of amides is 1. The van der Waals surface area contributed by atoms with Gasteiger partial charge in [0.2, 0.25) is 0 Å². The number of aromatic amines is 1. The highest BCUT2D eigenvalue weighted by molar-refractivity contribution is 6.03. The van der Waals surface area contributed by atoms with E-state index < -0.39 is 11.8 Å². The van der Waals surface area contributed by atoms with Crippen LogP contribution in [0.3, 0.4) is 0 Å². The number of carboxylic acids is 1. The number of carbonyl (C=O) groups is 2. The molecule has 1 atom stereocenters. The second kappa shape index (κ2) is 11.6. The van der Waals surface area contributed by atoms with Crippen LogP contribution in [0.15, 0.2) is 84.9 Å². The number of rotatable bonds is 8. The minimum atomic E-state index is -1.22. The van der Waals surface area contributed by atoms with E-state index in [1.165, 1.54) is 18.2 Å². The van der Waals surface area contributed by atoms with E-state index in [-0.39, 0.29) is 34.1 Å². The van der Waals surface area contributed by atoms with Crippen LogP contribution in [-0.4, -0.2) is 27.0 Å². The number of nitrogens with one attached hydrogen (secondary N) is 2. The topological polar surface area (TPSA) is 95.1 Å². The smallest absolute Gasteiger partial charge is 0.336 e. The number of carbonyl (C=O) groups excluding carboxylic acids is 1. The predicted molar refractivity (Wildman–Crippen MR) is 164 cm³/mol. The van der Waals surface area contributed by atoms with Crippen LogP contribution >= 0.6 is 0 Å². The minimum Gasteiger partial charge on any atom is -0.478 e. The molecule has 0 aliphatic heterocycles. The lowest BCUT2D eigenvalue weighted by molar-refractivity contribution is 0.0697. The van der Waals surface area contributed by atoms with Crippen molar-refractivity contribution in [2.24, 2.45) is 0 Å². The molecule has 0 saturated heterocycles. The molecular formula is C35H34FN3O3. The summed E-state index contributed by atoms with van der Waals surface area (Å²) in [6.45, 7) is 8.44. The Balaban J connectivity index is 1.54. The average molecular weight is 564 g/mol. The Kier molecular flexibility index (Phi) is 7.94. The first-order valence-electron chi connectivity index (χ1n) is 14.1. The lowest BCUT2D eigenvalue weighted by Crippen LogP contribution is -2.28. The maximum atomic E-state index is 14.6. The fraction of sp³-hybridized carbons (Fsp3) is 0.229. The first kappa shape index (κ1) is 28.7. The van der Waals surface area contributed by atoms with Crippen molar-refractivity contribution in [3.8, 4) is 22.5 Å². The first-order chi connectivity index (χ1) is 20.0. The van der Waals surface area contributed by atoms with Crippen molar-refractivity contribution < 1.29 is 19.1 Å². The van der Waals surface area contributed by atoms with Gasteiger partial charge in [0, 0.05) is 11.1 Å². The van der Waals surface area contributed by atoms with Crippen LogP contribution in [0.25, 0.3) is 33.5 Å². The summed E-state index contributed by atoms with van der Waals surface area (Å²) in [4.78, 5) is 33.8. The van der Waals surface area contributed by atoms with Gasteiger partial charge in [-0.3, -0.25) is 4.79 Å². The predicted octanol–water partition coefficient (Wildman–Crippen LogP) is 8.30. The number of fused-ring (bicyclic) bond motifs is 1. The summed E-state index contributed by atoms with van der Waals surface area (Å²) in [5, 5.41) is 13.2. The molecule has 0 spiro atoms. The summed E-state index contributed by atoms with van der Waals surface area (Å²) in [7, 11) is 0. The number of aromatic nitrogens is 2. The number of nitrogens with zero attached hydrogens (tertiary/aromatic N) is 1. The van der Waals surface area contributed by atoms with Gasteiger partial charge in [-0.25, -0.2) is 14.2 Å². The molecule has 214 valence electrons. The van der Waals surface area contributed by atoms with Crippen LogP contribution in [0.2, 0.25) is 0 Å². The minimum absolute atomic E-state index is 0.0530. The maximum absolute atomic E-state index is 14.6. The van der Waals surface area contributed by atoms with Crippen molar-refractivity contribution >= 4 is 22.9 Å². The summed E-state index contributed by atoms with van der Waals surface area (Å²) in [5.41, 5.74) is 4.96. The van der Waals surface area contributed by atoms with E-state index in [9.17, 15) is 19.1 Å². The number of halogens is 1. The number of H-pyrrole nitrogens is 1. The molecule has 1 amide bonds. The van der Waals surface area contributed by atoms with Gasteiger partial charge in [-0.15, -0.1) is 0 Å². The zero-order chi connectivity index (χ0) is 30.0. The molecule has 5 rings (SSSR count). The van der Waals surface area contributed by atoms with Crippen molar-refractivity contribution in [3.05, 3.63) is 113 Å². The van der Waals surface area contributed by atoms with Crippen molar-refractivity contribution in [2.75, 3.05) is 0 Å². The monoisotopic (exact) mass is 563 g/mol. The summed E-state index contributed by atoms with van der Waals surface area (Å²) in [5.74, 6) is -1.61. The first-order valence-corrected chi connectivity index (χ1v) is 14.1. The molecule has 0 fully saturated rings. The summed E-state index contributed by atoms with van der Waals surface area (Å²) in [6.07, 6.45) is 1.60. The van der Waals surface area contributed by atoms with Crippen molar-refractivity contribution in [1.82, 2.24) is 15.3 Å². The van der Waals surface area contributed by atoms with Gasteiger partial charge in [0.25, 0.3) is 5.91 Å². The highest BCUT2D eigenvalue weighted by atomic mass is 19.1. The molecule has 5 aromatic rings. The molecule has 1 heterocycles. The Labute approximate surface area is 244 Å². The van der Waals surface area contributed by atoms with Gasteiger partial charge in [-0.05, 0) is 76.6 Å². The van der Waals surface area contributed by atoms with E-state index in [0.717, 1.165) is 35.0 Å². The number of imidazole rings is 1. The van der Waals surface area contributed by atoms with Gasteiger partial charge in [0.15, 0.2) is 0 Å². The number of hydrogen-bond donors (Lipinski definition) is 3. The summed E-state index contributed by atoms with van der Waals surface area (Å²) in [6, 6.07) is 24.2. The van der Waals surface area contributed by atoms with Crippen LogP contribution in [0, 0.1) is 5.82 Å². The van der Waals surface area contributed by atoms with E-state index in [1.807, 2.05) is 55.5 Å². The van der Waals surface area contributed by atoms with Crippen LogP contribution in [0.5, 0.6) is 0 Å². The number of carboxylic acid groups (broad SMARTS) is 1. The zero-order valence-corrected chi connectivity index (χ0v) is 24.2. The van der Waals surface area contributed by atoms with E-state index in [4.69, 9.17) is 4.98 Å². The van der Waals surface area contributed by atoms with Crippen LogP contribution in [0.1, 0.15) is 78.4 Å². The lowest BCUT2D eigenvalue weighted by atomic mass is 9.87. The lowest BCUT2D eigenvalue weighted by Gasteiger charge is -2.19. The largest absolute Gasteiger partial charge is 0.478 e. The third-order valence-electron chi connectivity index (χ3n) is 7.47. The van der Waals surface area contributed by atoms with Crippen LogP contribution in [0.4, 0.5) is 4.39 Å². The third kappa shape index (κ3) is 5.96. The van der Waals surface area contributed by atoms with Crippen molar-refractivity contribution in [2.45, 2.75) is 52.0 Å². The quantitative estimate of drug-likeness (QED) is 0.177. The number of aromatic carboxylic acids is 1. The summed E-state index contributed by atoms with van der Waals surface area (Å²) < 4.78 is 14.6. The second-order valence-corrected chi connectivity index (χ2v) is 11.5. The SMILES string of the molecule is CCCC(NC(=O)c1ccc(-c2cc(F)ccc2-c2nc3ccc(C(C)(C)C)cc3[nH]2)c(C(=O)O)c1)c1ccccc1. The van der Waals surface area contributed by atoms with Gasteiger partial charge in [0.1, 0.15) is 11.6 Å². The number of benzene rings is 4. The Morgan fingerprint density at radius 1 is 0.929 bits per heavy atom. The van der Waals surface area contributed by atoms with Crippen LogP contribution in [-0.2, 0) is 5.41 Å². The molecule has 0 aliphatic rings. The molecule has 1 aromatic heterocycles. The molecule has 3 N–H and O–H groups in total. The Hall–Kier alpha value is -4.78. The van der Waals surface area contributed by atoms with Crippen molar-refractivity contribution in [1.29, 1.82) is 0 Å². The Morgan fingerprint density at radius 2 is 1.67 bits per heavy atom. The van der Waals surface area contributed by atoms with Gasteiger partial charge < -0.3 is 15.4 Å². The molecule has 0 radical (unpaired) electrons. The van der Waals surface area contributed by atoms with Crippen LogP contribution < -0.4 is 5.32 Å². The Morgan fingerprint density at radius 3 is 2.36 bits per heavy atom. The third-order valence-corrected chi connectivity index (χ3v) is 7.47. The highest BCUT2D eigenvalue weighted by Crippen LogP contribution is 2.36. The zero-order valence-electron chi connectivity index (χ0n) is 24.2. The summed E-state index contributed by atoms with van der Waals surface area (Å²) >= 11 is 0. The van der Waals surface area contributed by atoms with E-state index >= 15 is 0 Å². The molecule has 0 saturated carbocycles. The molecule has 1 unspecified atom stereocenters. The number of hydrogen-bond acceptors (Lipinski definition) is 3. The van der Waals surface area contributed by atoms with E-state index in [2.05, 4.69) is 31.1 Å². The molecular weight excluding hydrogens is 529 g/mol. The standard InChI is InChI=1S/C35H34FN3O3/c1-5-9-29(21-10-7-6-8-11-21)39-33(40)22-12-15-25(28(18-22)34(41)42)27-20-24(36)14-16-26(27)32-37-30-17-13-23(35(2,3)4)19-31(30)38-32/h6-8,10-20,29H,5,9H2,1-4H3,(H,37,38)(H,39,40)(H,41,42). The molecule has 7 heteroatoms. The maximum Gasteiger partial charge on any atom is 0.336 e. The van der Waals surface area contributed by atoms with E-state index in [1.54, 1.807) is 18.2 Å². The second-order valence-electron chi connectivity index (χ2n) is 11.5. The normalized spacial score (nSPS) is 12.3. The average Bonchev–Trinajstić information content (AvgIpc) is 3.40. The van der Waals surface area contributed by atoms with E-state index in [0.29, 0.717) is 17.0 Å². The van der Waals surface area contributed by atoms with Crippen molar-refractivity contribution in [3.63, 3.8) is 0 Å². The molecule has 6 nitrogen and oxygen atoms in total.